The largest absolute Gasteiger partial charge is 0.399 e. The molecule has 4 heteroatoms. The number of amides is 1. The molecule has 98 valence electrons. The molecule has 1 amide bonds. The number of hydrogen-bond acceptors (Lipinski definition) is 2. The fourth-order valence-electron chi connectivity index (χ4n) is 2.39. The highest BCUT2D eigenvalue weighted by Crippen LogP contribution is 2.48. The van der Waals surface area contributed by atoms with E-state index in [2.05, 4.69) is 10.3 Å². The predicted octanol–water partition coefficient (Wildman–Crippen LogP) is 1.94. The summed E-state index contributed by atoms with van der Waals surface area (Å²) in [6, 6.07) is 9.59. The third-order valence-corrected chi connectivity index (χ3v) is 3.76. The Hall–Kier alpha value is -2.23. The number of nitrogen functional groups attached to an aromatic ring is 1. The lowest BCUT2D eigenvalue weighted by Gasteiger charge is -2.15. The van der Waals surface area contributed by atoms with Crippen molar-refractivity contribution < 1.29 is 4.79 Å². The van der Waals surface area contributed by atoms with Crippen LogP contribution in [0, 0.1) is 0 Å². The second-order valence-corrected chi connectivity index (χ2v) is 5.11. The van der Waals surface area contributed by atoms with Crippen molar-refractivity contribution in [1.29, 1.82) is 0 Å². The van der Waals surface area contributed by atoms with Crippen molar-refractivity contribution in [3.63, 3.8) is 0 Å². The highest BCUT2D eigenvalue weighted by atomic mass is 16.2. The molecule has 1 aromatic heterocycles. The lowest BCUT2D eigenvalue weighted by molar-refractivity contribution is -0.123. The van der Waals surface area contributed by atoms with Crippen molar-refractivity contribution in [2.24, 2.45) is 0 Å². The van der Waals surface area contributed by atoms with Crippen molar-refractivity contribution in [3.05, 3.63) is 53.9 Å². The normalized spacial score (nSPS) is 16.0. The Labute approximate surface area is 112 Å². The van der Waals surface area contributed by atoms with Crippen LogP contribution in [0.2, 0.25) is 0 Å². The molecule has 0 unspecified atom stereocenters. The summed E-state index contributed by atoms with van der Waals surface area (Å²) in [6.45, 7) is 0.569. The second kappa shape index (κ2) is 4.46. The van der Waals surface area contributed by atoms with E-state index < -0.39 is 0 Å². The maximum Gasteiger partial charge on any atom is 0.230 e. The first-order valence-corrected chi connectivity index (χ1v) is 6.47. The first-order chi connectivity index (χ1) is 9.21. The van der Waals surface area contributed by atoms with E-state index in [1.54, 1.807) is 0 Å². The molecular formula is C15H17N3O. The van der Waals surface area contributed by atoms with E-state index in [1.165, 1.54) is 0 Å². The van der Waals surface area contributed by atoms with Gasteiger partial charge in [-0.05, 0) is 42.2 Å². The number of rotatable bonds is 4. The molecule has 0 radical (unpaired) electrons. The molecule has 0 saturated heterocycles. The molecule has 1 fully saturated rings. The van der Waals surface area contributed by atoms with Gasteiger partial charge < -0.3 is 16.0 Å². The minimum Gasteiger partial charge on any atom is -0.399 e. The van der Waals surface area contributed by atoms with Gasteiger partial charge in [0.05, 0.1) is 5.41 Å². The van der Waals surface area contributed by atoms with Gasteiger partial charge in [-0.3, -0.25) is 4.79 Å². The Morgan fingerprint density at radius 3 is 2.58 bits per heavy atom. The number of aromatic nitrogens is 1. The molecule has 4 N–H and O–H groups in total. The van der Waals surface area contributed by atoms with Crippen LogP contribution in [0.25, 0.3) is 0 Å². The van der Waals surface area contributed by atoms with Crippen molar-refractivity contribution in [3.8, 4) is 0 Å². The predicted molar refractivity (Wildman–Crippen MR) is 74.4 cm³/mol. The van der Waals surface area contributed by atoms with Crippen molar-refractivity contribution in [2.45, 2.75) is 24.8 Å². The van der Waals surface area contributed by atoms with Gasteiger partial charge in [0.15, 0.2) is 0 Å². The maximum absolute atomic E-state index is 12.4. The Morgan fingerprint density at radius 2 is 2.00 bits per heavy atom. The number of benzene rings is 1. The van der Waals surface area contributed by atoms with Crippen molar-refractivity contribution >= 4 is 11.6 Å². The van der Waals surface area contributed by atoms with Crippen LogP contribution in [-0.2, 0) is 16.8 Å². The lowest BCUT2D eigenvalue weighted by Crippen LogP contribution is -2.34. The molecule has 1 heterocycles. The summed E-state index contributed by atoms with van der Waals surface area (Å²) < 4.78 is 0. The van der Waals surface area contributed by atoms with Crippen molar-refractivity contribution in [2.75, 3.05) is 5.73 Å². The van der Waals surface area contributed by atoms with E-state index in [4.69, 9.17) is 5.73 Å². The number of carbonyl (C=O) groups is 1. The molecule has 1 aliphatic carbocycles. The second-order valence-electron chi connectivity index (χ2n) is 5.11. The Balaban J connectivity index is 1.70. The zero-order chi connectivity index (χ0) is 13.3. The van der Waals surface area contributed by atoms with E-state index in [-0.39, 0.29) is 11.3 Å². The highest BCUT2D eigenvalue weighted by molar-refractivity contribution is 5.91. The monoisotopic (exact) mass is 255 g/mol. The summed E-state index contributed by atoms with van der Waals surface area (Å²) in [4.78, 5) is 15.3. The molecule has 1 saturated carbocycles. The van der Waals surface area contributed by atoms with Crippen molar-refractivity contribution in [1.82, 2.24) is 10.3 Å². The van der Waals surface area contributed by atoms with Crippen LogP contribution in [0.4, 0.5) is 5.69 Å². The fourth-order valence-corrected chi connectivity index (χ4v) is 2.39. The van der Waals surface area contributed by atoms with Gasteiger partial charge >= 0.3 is 0 Å². The zero-order valence-corrected chi connectivity index (χ0v) is 10.6. The summed E-state index contributed by atoms with van der Waals surface area (Å²) in [6.07, 6.45) is 5.57. The van der Waals surface area contributed by atoms with Gasteiger partial charge in [0, 0.05) is 24.6 Å². The van der Waals surface area contributed by atoms with E-state index in [0.29, 0.717) is 6.54 Å². The zero-order valence-electron chi connectivity index (χ0n) is 10.6. The molecule has 0 spiro atoms. The van der Waals surface area contributed by atoms with Gasteiger partial charge in [0.25, 0.3) is 0 Å². The molecule has 0 bridgehead atoms. The van der Waals surface area contributed by atoms with Gasteiger partial charge in [-0.1, -0.05) is 12.1 Å². The van der Waals surface area contributed by atoms with E-state index in [1.807, 2.05) is 42.7 Å². The van der Waals surface area contributed by atoms with E-state index in [0.717, 1.165) is 29.7 Å². The SMILES string of the molecule is Nc1ccc(C2(C(=O)NCc3cc[nH]c3)CC2)cc1. The number of nitrogens with two attached hydrogens (primary N) is 1. The van der Waals surface area contributed by atoms with E-state index >= 15 is 0 Å². The number of anilines is 1. The quantitative estimate of drug-likeness (QED) is 0.731. The fraction of sp³-hybridized carbons (Fsp3) is 0.267. The molecule has 19 heavy (non-hydrogen) atoms. The van der Waals surface area contributed by atoms with Crippen LogP contribution in [0.15, 0.2) is 42.7 Å². The maximum atomic E-state index is 12.4. The standard InChI is InChI=1S/C15H17N3O/c16-13-3-1-12(2-4-13)15(6-7-15)14(19)18-10-11-5-8-17-9-11/h1-5,8-9,17H,6-7,10,16H2,(H,18,19). The summed E-state index contributed by atoms with van der Waals surface area (Å²) in [7, 11) is 0. The molecule has 0 aliphatic heterocycles. The summed E-state index contributed by atoms with van der Waals surface area (Å²) >= 11 is 0. The Kier molecular flexibility index (Phi) is 2.78. The number of nitrogens with one attached hydrogen (secondary N) is 2. The van der Waals surface area contributed by atoms with Crippen LogP contribution in [0.1, 0.15) is 24.0 Å². The van der Waals surface area contributed by atoms with Crippen LogP contribution in [-0.4, -0.2) is 10.9 Å². The van der Waals surface area contributed by atoms with Gasteiger partial charge in [-0.15, -0.1) is 0 Å². The van der Waals surface area contributed by atoms with Crippen LogP contribution in [0.3, 0.4) is 0 Å². The average Bonchev–Trinajstić information content (AvgIpc) is 3.07. The van der Waals surface area contributed by atoms with Gasteiger partial charge in [-0.2, -0.15) is 0 Å². The molecular weight excluding hydrogens is 238 g/mol. The summed E-state index contributed by atoms with van der Waals surface area (Å²) in [5, 5.41) is 3.01. The third kappa shape index (κ3) is 2.21. The van der Waals surface area contributed by atoms with Crippen LogP contribution in [0.5, 0.6) is 0 Å². The minimum absolute atomic E-state index is 0.110. The topological polar surface area (TPSA) is 70.9 Å². The molecule has 1 aliphatic rings. The van der Waals surface area contributed by atoms with Gasteiger partial charge in [-0.25, -0.2) is 0 Å². The first kappa shape index (κ1) is 11.8. The number of hydrogen-bond donors (Lipinski definition) is 3. The number of carbonyl (C=O) groups excluding carboxylic acids is 1. The van der Waals surface area contributed by atoms with Crippen LogP contribution >= 0.6 is 0 Å². The van der Waals surface area contributed by atoms with Gasteiger partial charge in [0.2, 0.25) is 5.91 Å². The van der Waals surface area contributed by atoms with E-state index in [9.17, 15) is 4.79 Å². The smallest absolute Gasteiger partial charge is 0.230 e. The number of H-pyrrole nitrogens is 1. The Morgan fingerprint density at radius 1 is 1.26 bits per heavy atom. The first-order valence-electron chi connectivity index (χ1n) is 6.47. The molecule has 0 atom stereocenters. The molecule has 4 nitrogen and oxygen atoms in total. The molecule has 1 aromatic carbocycles. The number of aromatic amines is 1. The highest BCUT2D eigenvalue weighted by Gasteiger charge is 2.50. The summed E-state index contributed by atoms with van der Waals surface area (Å²) in [5.74, 6) is 0.110. The lowest BCUT2D eigenvalue weighted by atomic mass is 9.94. The van der Waals surface area contributed by atoms with Gasteiger partial charge in [0.1, 0.15) is 0 Å². The van der Waals surface area contributed by atoms with Crippen LogP contribution < -0.4 is 11.1 Å². The third-order valence-electron chi connectivity index (χ3n) is 3.76. The minimum atomic E-state index is -0.329. The summed E-state index contributed by atoms with van der Waals surface area (Å²) in [5.41, 5.74) is 8.23. The molecule has 3 rings (SSSR count). The Bertz CT molecular complexity index is 568. The average molecular weight is 255 g/mol. The molecule has 2 aromatic rings.